The fraction of sp³-hybridized carbons (Fsp3) is 0.667. The van der Waals surface area contributed by atoms with E-state index in [-0.39, 0.29) is 31.1 Å². The molecule has 1 aromatic rings. The van der Waals surface area contributed by atoms with E-state index < -0.39 is 0 Å². The SMILES string of the molecule is Cc1cc(OCC(=O)NC(CCO)C(C)C)no1. The highest BCUT2D eigenvalue weighted by molar-refractivity contribution is 5.77. The summed E-state index contributed by atoms with van der Waals surface area (Å²) in [4.78, 5) is 11.6. The van der Waals surface area contributed by atoms with Gasteiger partial charge in [0.15, 0.2) is 6.61 Å². The molecule has 6 heteroatoms. The predicted molar refractivity (Wildman–Crippen MR) is 65.2 cm³/mol. The fourth-order valence-electron chi connectivity index (χ4n) is 1.51. The van der Waals surface area contributed by atoms with Gasteiger partial charge >= 0.3 is 0 Å². The van der Waals surface area contributed by atoms with Crippen LogP contribution in [0.3, 0.4) is 0 Å². The first-order valence-corrected chi connectivity index (χ1v) is 5.99. The maximum atomic E-state index is 11.6. The summed E-state index contributed by atoms with van der Waals surface area (Å²) in [6, 6.07) is 1.56. The third-order valence-corrected chi connectivity index (χ3v) is 2.55. The van der Waals surface area contributed by atoms with Crippen LogP contribution < -0.4 is 10.1 Å². The molecule has 0 aliphatic rings. The molecule has 18 heavy (non-hydrogen) atoms. The van der Waals surface area contributed by atoms with Gasteiger partial charge in [-0.3, -0.25) is 4.79 Å². The van der Waals surface area contributed by atoms with Crippen LogP contribution in [0.5, 0.6) is 5.88 Å². The summed E-state index contributed by atoms with van der Waals surface area (Å²) in [5.74, 6) is 0.954. The monoisotopic (exact) mass is 256 g/mol. The van der Waals surface area contributed by atoms with Gasteiger partial charge in [-0.1, -0.05) is 13.8 Å². The number of rotatable bonds is 7. The Hall–Kier alpha value is -1.56. The van der Waals surface area contributed by atoms with E-state index in [2.05, 4.69) is 10.5 Å². The number of nitrogens with one attached hydrogen (secondary N) is 1. The van der Waals surface area contributed by atoms with Gasteiger partial charge in [0.2, 0.25) is 0 Å². The van der Waals surface area contributed by atoms with Gasteiger partial charge < -0.3 is 19.7 Å². The van der Waals surface area contributed by atoms with Crippen LogP contribution in [0.25, 0.3) is 0 Å². The lowest BCUT2D eigenvalue weighted by Gasteiger charge is -2.21. The second kappa shape index (κ2) is 7.00. The van der Waals surface area contributed by atoms with Crippen molar-refractivity contribution in [3.05, 3.63) is 11.8 Å². The first-order valence-electron chi connectivity index (χ1n) is 5.99. The number of aromatic nitrogens is 1. The minimum Gasteiger partial charge on any atom is -0.465 e. The molecule has 6 nitrogen and oxygen atoms in total. The molecule has 0 fully saturated rings. The van der Waals surface area contributed by atoms with Gasteiger partial charge in [-0.2, -0.15) is 0 Å². The molecule has 1 rings (SSSR count). The van der Waals surface area contributed by atoms with Crippen molar-refractivity contribution in [2.24, 2.45) is 5.92 Å². The van der Waals surface area contributed by atoms with Crippen LogP contribution in [0.15, 0.2) is 10.6 Å². The zero-order valence-electron chi connectivity index (χ0n) is 11.0. The number of hydrogen-bond donors (Lipinski definition) is 2. The molecule has 0 aliphatic carbocycles. The van der Waals surface area contributed by atoms with Crippen LogP contribution in [0.2, 0.25) is 0 Å². The number of carbonyl (C=O) groups is 1. The summed E-state index contributed by atoms with van der Waals surface area (Å²) in [6.07, 6.45) is 0.534. The van der Waals surface area contributed by atoms with Crippen molar-refractivity contribution in [1.29, 1.82) is 0 Å². The zero-order chi connectivity index (χ0) is 13.5. The van der Waals surface area contributed by atoms with E-state index in [1.165, 1.54) is 0 Å². The van der Waals surface area contributed by atoms with Crippen molar-refractivity contribution < 1.29 is 19.2 Å². The average molecular weight is 256 g/mol. The Labute approximate surface area is 106 Å². The van der Waals surface area contributed by atoms with Crippen molar-refractivity contribution >= 4 is 5.91 Å². The standard InChI is InChI=1S/C12H20N2O4/c1-8(2)10(4-5-15)13-11(16)7-17-12-6-9(3)18-14-12/h6,8,10,15H,4-5,7H2,1-3H3,(H,13,16). The third kappa shape index (κ3) is 4.75. The van der Waals surface area contributed by atoms with Crippen molar-refractivity contribution in [3.8, 4) is 5.88 Å². The van der Waals surface area contributed by atoms with E-state index in [0.29, 0.717) is 18.1 Å². The molecule has 0 aliphatic heterocycles. The van der Waals surface area contributed by atoms with Gasteiger partial charge in [0, 0.05) is 18.7 Å². The molecule has 1 unspecified atom stereocenters. The number of ether oxygens (including phenoxy) is 1. The van der Waals surface area contributed by atoms with Crippen LogP contribution in [-0.2, 0) is 4.79 Å². The Kier molecular flexibility index (Phi) is 5.64. The number of nitrogens with zero attached hydrogens (tertiary/aromatic N) is 1. The Bertz CT molecular complexity index is 376. The molecule has 0 radical (unpaired) electrons. The number of carbonyl (C=O) groups excluding carboxylic acids is 1. The summed E-state index contributed by atoms with van der Waals surface area (Å²) < 4.78 is 9.98. The second-order valence-corrected chi connectivity index (χ2v) is 4.49. The summed E-state index contributed by atoms with van der Waals surface area (Å²) in [7, 11) is 0. The Morgan fingerprint density at radius 2 is 2.33 bits per heavy atom. The highest BCUT2D eigenvalue weighted by Crippen LogP contribution is 2.10. The third-order valence-electron chi connectivity index (χ3n) is 2.55. The Balaban J connectivity index is 2.36. The molecule has 1 heterocycles. The molecule has 1 amide bonds. The molecule has 0 spiro atoms. The summed E-state index contributed by atoms with van der Waals surface area (Å²) >= 11 is 0. The largest absolute Gasteiger partial charge is 0.465 e. The smallest absolute Gasteiger partial charge is 0.258 e. The highest BCUT2D eigenvalue weighted by Gasteiger charge is 2.16. The van der Waals surface area contributed by atoms with E-state index in [9.17, 15) is 4.79 Å². The molecule has 1 aromatic heterocycles. The molecule has 0 aromatic carbocycles. The lowest BCUT2D eigenvalue weighted by Crippen LogP contribution is -2.41. The van der Waals surface area contributed by atoms with Gasteiger partial charge in [-0.15, -0.1) is 0 Å². The topological polar surface area (TPSA) is 84.6 Å². The van der Waals surface area contributed by atoms with E-state index in [4.69, 9.17) is 14.4 Å². The number of aliphatic hydroxyl groups excluding tert-OH is 1. The Morgan fingerprint density at radius 1 is 1.61 bits per heavy atom. The molecule has 0 bridgehead atoms. The van der Waals surface area contributed by atoms with E-state index in [1.807, 2.05) is 13.8 Å². The summed E-state index contributed by atoms with van der Waals surface area (Å²) in [5.41, 5.74) is 0. The predicted octanol–water partition coefficient (Wildman–Crippen LogP) is 0.885. The van der Waals surface area contributed by atoms with Crippen molar-refractivity contribution in [1.82, 2.24) is 10.5 Å². The van der Waals surface area contributed by atoms with Crippen LogP contribution in [0, 0.1) is 12.8 Å². The molecule has 2 N–H and O–H groups in total. The minimum absolute atomic E-state index is 0.0481. The van der Waals surface area contributed by atoms with Crippen molar-refractivity contribution in [2.45, 2.75) is 33.2 Å². The summed E-state index contributed by atoms with van der Waals surface area (Å²) in [6.45, 7) is 5.66. The zero-order valence-corrected chi connectivity index (χ0v) is 11.0. The van der Waals surface area contributed by atoms with Crippen molar-refractivity contribution in [2.75, 3.05) is 13.2 Å². The molecule has 1 atom stereocenters. The van der Waals surface area contributed by atoms with Crippen molar-refractivity contribution in [3.63, 3.8) is 0 Å². The molecule has 102 valence electrons. The Morgan fingerprint density at radius 3 is 2.83 bits per heavy atom. The molecular weight excluding hydrogens is 236 g/mol. The van der Waals surface area contributed by atoms with Gasteiger partial charge in [0.25, 0.3) is 11.8 Å². The number of aliphatic hydroxyl groups is 1. The van der Waals surface area contributed by atoms with Crippen LogP contribution >= 0.6 is 0 Å². The van der Waals surface area contributed by atoms with Gasteiger partial charge in [-0.25, -0.2) is 0 Å². The normalized spacial score (nSPS) is 12.5. The number of hydrogen-bond acceptors (Lipinski definition) is 5. The average Bonchev–Trinajstić information content (AvgIpc) is 2.72. The minimum atomic E-state index is -0.234. The number of amides is 1. The van der Waals surface area contributed by atoms with Gasteiger partial charge in [0.05, 0.1) is 0 Å². The second-order valence-electron chi connectivity index (χ2n) is 4.49. The van der Waals surface area contributed by atoms with Gasteiger partial charge in [0.1, 0.15) is 5.76 Å². The lowest BCUT2D eigenvalue weighted by molar-refractivity contribution is -0.124. The molecule has 0 saturated carbocycles. The first-order chi connectivity index (χ1) is 8.52. The van der Waals surface area contributed by atoms with Gasteiger partial charge in [-0.05, 0) is 24.4 Å². The van der Waals surface area contributed by atoms with Crippen LogP contribution in [-0.4, -0.2) is 35.4 Å². The summed E-state index contributed by atoms with van der Waals surface area (Å²) in [5, 5.41) is 15.3. The van der Waals surface area contributed by atoms with Crippen LogP contribution in [0.1, 0.15) is 26.0 Å². The van der Waals surface area contributed by atoms with E-state index in [0.717, 1.165) is 0 Å². The maximum absolute atomic E-state index is 11.6. The van der Waals surface area contributed by atoms with E-state index in [1.54, 1.807) is 13.0 Å². The molecule has 0 saturated heterocycles. The lowest BCUT2D eigenvalue weighted by atomic mass is 10.0. The van der Waals surface area contributed by atoms with Crippen LogP contribution in [0.4, 0.5) is 0 Å². The maximum Gasteiger partial charge on any atom is 0.258 e. The quantitative estimate of drug-likeness (QED) is 0.756. The number of aryl methyl sites for hydroxylation is 1. The molecular formula is C12H20N2O4. The highest BCUT2D eigenvalue weighted by atomic mass is 16.5. The first kappa shape index (κ1) is 14.5. The fourth-order valence-corrected chi connectivity index (χ4v) is 1.51. The van der Waals surface area contributed by atoms with E-state index >= 15 is 0 Å².